The number of carbonyl (C=O) groups excluding carboxylic acids is 2. The van der Waals surface area contributed by atoms with E-state index in [0.717, 1.165) is 29.5 Å². The van der Waals surface area contributed by atoms with E-state index >= 15 is 0 Å². The van der Waals surface area contributed by atoms with Crippen molar-refractivity contribution in [3.8, 4) is 0 Å². The van der Waals surface area contributed by atoms with Gasteiger partial charge in [0.2, 0.25) is 5.91 Å². The van der Waals surface area contributed by atoms with E-state index < -0.39 is 12.0 Å². The summed E-state index contributed by atoms with van der Waals surface area (Å²) in [6.45, 7) is 8.66. The van der Waals surface area contributed by atoms with Gasteiger partial charge in [0.25, 0.3) is 0 Å². The van der Waals surface area contributed by atoms with E-state index in [2.05, 4.69) is 23.5 Å². The molecule has 1 aromatic rings. The fourth-order valence-corrected chi connectivity index (χ4v) is 5.36. The van der Waals surface area contributed by atoms with Gasteiger partial charge in [-0.3, -0.25) is 4.79 Å². The van der Waals surface area contributed by atoms with Gasteiger partial charge in [0.1, 0.15) is 6.61 Å². The number of ether oxygens (including phenoxy) is 1. The summed E-state index contributed by atoms with van der Waals surface area (Å²) in [7, 11) is 2.06. The second kappa shape index (κ2) is 10.2. The molecule has 4 rings (SSSR count). The largest absolute Gasteiger partial charge is 0.458 e. The minimum Gasteiger partial charge on any atom is -0.458 e. The molecule has 3 aliphatic rings. The fourth-order valence-electron chi connectivity index (χ4n) is 4.16. The first-order chi connectivity index (χ1) is 15.9. The molecular formula is C24H27ClN4O3S. The summed E-state index contributed by atoms with van der Waals surface area (Å²) in [5, 5.41) is 3.20. The third-order valence-corrected chi connectivity index (χ3v) is 7.17. The van der Waals surface area contributed by atoms with Crippen LogP contribution in [0.15, 0.2) is 64.3 Å². The normalized spacial score (nSPS) is 20.9. The zero-order valence-electron chi connectivity index (χ0n) is 18.8. The Labute approximate surface area is 203 Å². The quantitative estimate of drug-likeness (QED) is 0.450. The van der Waals surface area contributed by atoms with Crippen molar-refractivity contribution >= 4 is 40.4 Å². The standard InChI is InChI=1S/C24H27ClN4O3S/c1-4-13-32-23(31)21-16(2)26-24-29(22(21)18-7-5-6-8-19(18)25)17(15-33-24)14-20(30)28-11-9-27(3)10-12-28/h4-8,15,22H,1,9-14H2,2-3H3/t22-/m0/s1. The smallest absolute Gasteiger partial charge is 0.338 e. The Balaban J connectivity index is 1.67. The van der Waals surface area contributed by atoms with Crippen molar-refractivity contribution in [2.45, 2.75) is 19.4 Å². The average molecular weight is 487 g/mol. The van der Waals surface area contributed by atoms with Crippen molar-refractivity contribution in [1.82, 2.24) is 14.7 Å². The minimum atomic E-state index is -0.537. The molecule has 7 nitrogen and oxygen atoms in total. The van der Waals surface area contributed by atoms with Gasteiger partial charge in [-0.15, -0.1) is 0 Å². The minimum absolute atomic E-state index is 0.0659. The Bertz CT molecular complexity index is 1060. The summed E-state index contributed by atoms with van der Waals surface area (Å²) >= 11 is 8.05. The highest BCUT2D eigenvalue weighted by Crippen LogP contribution is 2.46. The maximum atomic E-state index is 13.1. The molecule has 174 valence electrons. The molecule has 0 bridgehead atoms. The van der Waals surface area contributed by atoms with Crippen molar-refractivity contribution < 1.29 is 14.3 Å². The number of carbonyl (C=O) groups is 2. The van der Waals surface area contributed by atoms with E-state index in [-0.39, 0.29) is 18.9 Å². The second-order valence-electron chi connectivity index (χ2n) is 8.16. The third kappa shape index (κ3) is 4.88. The van der Waals surface area contributed by atoms with Crippen LogP contribution in [-0.4, -0.2) is 71.6 Å². The number of fused-ring (bicyclic) bond motifs is 1. The number of thioether (sulfide) groups is 1. The number of allylic oxidation sites excluding steroid dienone is 1. The lowest BCUT2D eigenvalue weighted by Crippen LogP contribution is -2.47. The summed E-state index contributed by atoms with van der Waals surface area (Å²) in [6.07, 6.45) is 1.76. The van der Waals surface area contributed by atoms with Gasteiger partial charge in [-0.1, -0.05) is 54.2 Å². The molecule has 0 saturated carbocycles. The summed E-state index contributed by atoms with van der Waals surface area (Å²) in [4.78, 5) is 36.9. The van der Waals surface area contributed by atoms with Gasteiger partial charge in [-0.05, 0) is 31.0 Å². The number of esters is 1. The number of amidine groups is 1. The van der Waals surface area contributed by atoms with Crippen molar-refractivity contribution in [2.75, 3.05) is 39.8 Å². The van der Waals surface area contributed by atoms with E-state index in [1.807, 2.05) is 33.4 Å². The number of amides is 1. The topological polar surface area (TPSA) is 65.5 Å². The summed E-state index contributed by atoms with van der Waals surface area (Å²) in [5.41, 5.74) is 2.55. The Hall–Kier alpha value is -2.55. The summed E-state index contributed by atoms with van der Waals surface area (Å²) in [6, 6.07) is 6.89. The van der Waals surface area contributed by atoms with Crippen molar-refractivity contribution in [3.05, 3.63) is 69.9 Å². The zero-order chi connectivity index (χ0) is 23.5. The molecule has 1 aromatic carbocycles. The number of benzene rings is 1. The van der Waals surface area contributed by atoms with E-state index in [0.29, 0.717) is 29.4 Å². The van der Waals surface area contributed by atoms with Gasteiger partial charge in [0.05, 0.1) is 23.7 Å². The molecule has 1 fully saturated rings. The van der Waals surface area contributed by atoms with Crippen LogP contribution in [0.2, 0.25) is 5.02 Å². The molecule has 1 amide bonds. The van der Waals surface area contributed by atoms with Crippen LogP contribution in [0.3, 0.4) is 0 Å². The zero-order valence-corrected chi connectivity index (χ0v) is 20.4. The first-order valence-electron chi connectivity index (χ1n) is 10.8. The van der Waals surface area contributed by atoms with Crippen molar-refractivity contribution in [3.63, 3.8) is 0 Å². The molecule has 0 radical (unpaired) electrons. The number of hydrogen-bond donors (Lipinski definition) is 0. The maximum Gasteiger partial charge on any atom is 0.338 e. The molecule has 0 aromatic heterocycles. The van der Waals surface area contributed by atoms with Crippen molar-refractivity contribution in [1.29, 1.82) is 0 Å². The van der Waals surface area contributed by atoms with E-state index in [1.165, 1.54) is 17.8 Å². The Morgan fingerprint density at radius 2 is 2.00 bits per heavy atom. The third-order valence-electron chi connectivity index (χ3n) is 5.94. The lowest BCUT2D eigenvalue weighted by atomic mass is 9.93. The van der Waals surface area contributed by atoms with Crippen LogP contribution in [0.5, 0.6) is 0 Å². The molecule has 1 atom stereocenters. The summed E-state index contributed by atoms with van der Waals surface area (Å²) < 4.78 is 5.40. The highest BCUT2D eigenvalue weighted by molar-refractivity contribution is 8.16. The average Bonchev–Trinajstić information content (AvgIpc) is 3.19. The number of hydrogen-bond acceptors (Lipinski definition) is 7. The van der Waals surface area contributed by atoms with E-state index in [4.69, 9.17) is 16.3 Å². The molecular weight excluding hydrogens is 460 g/mol. The van der Waals surface area contributed by atoms with Gasteiger partial charge < -0.3 is 19.4 Å². The number of nitrogens with zero attached hydrogens (tertiary/aromatic N) is 4. The molecule has 0 aliphatic carbocycles. The van der Waals surface area contributed by atoms with Gasteiger partial charge in [0, 0.05) is 36.9 Å². The number of halogens is 1. The lowest BCUT2D eigenvalue weighted by Gasteiger charge is -2.37. The number of likely N-dealkylation sites (N-methyl/N-ethyl adjacent to an activating group) is 1. The molecule has 3 aliphatic heterocycles. The Kier molecular flexibility index (Phi) is 7.26. The van der Waals surface area contributed by atoms with Gasteiger partial charge >= 0.3 is 5.97 Å². The predicted molar refractivity (Wildman–Crippen MR) is 132 cm³/mol. The first kappa shape index (κ1) is 23.6. The van der Waals surface area contributed by atoms with Crippen LogP contribution in [0.4, 0.5) is 0 Å². The highest BCUT2D eigenvalue weighted by Gasteiger charge is 2.42. The lowest BCUT2D eigenvalue weighted by molar-refractivity contribution is -0.138. The SMILES string of the molecule is C=CCOC(=O)C1=C(C)N=C2SC=C(CC(=O)N3CCN(C)CC3)N2[C@H]1c1ccccc1Cl. The monoisotopic (exact) mass is 486 g/mol. The number of aliphatic imine (C=N–C) groups is 1. The van der Waals surface area contributed by atoms with Crippen molar-refractivity contribution in [2.24, 2.45) is 4.99 Å². The number of piperazine rings is 1. The predicted octanol–water partition coefficient (Wildman–Crippen LogP) is 3.81. The van der Waals surface area contributed by atoms with Gasteiger partial charge in [-0.25, -0.2) is 9.79 Å². The molecule has 0 N–H and O–H groups in total. The van der Waals surface area contributed by atoms with Crippen LogP contribution in [-0.2, 0) is 14.3 Å². The number of rotatable bonds is 6. The molecule has 9 heteroatoms. The first-order valence-corrected chi connectivity index (χ1v) is 12.1. The molecule has 3 heterocycles. The Morgan fingerprint density at radius 1 is 1.27 bits per heavy atom. The summed E-state index contributed by atoms with van der Waals surface area (Å²) in [5.74, 6) is -0.405. The van der Waals surface area contributed by atoms with Crippen LogP contribution in [0.1, 0.15) is 24.9 Å². The van der Waals surface area contributed by atoms with E-state index in [1.54, 1.807) is 13.0 Å². The van der Waals surface area contributed by atoms with Gasteiger partial charge in [0.15, 0.2) is 5.17 Å². The van der Waals surface area contributed by atoms with Gasteiger partial charge in [-0.2, -0.15) is 0 Å². The van der Waals surface area contributed by atoms with Crippen LogP contribution >= 0.6 is 23.4 Å². The molecule has 33 heavy (non-hydrogen) atoms. The molecule has 0 spiro atoms. The van der Waals surface area contributed by atoms with Crippen LogP contribution < -0.4 is 0 Å². The Morgan fingerprint density at radius 3 is 2.70 bits per heavy atom. The molecule has 0 unspecified atom stereocenters. The molecule has 1 saturated heterocycles. The van der Waals surface area contributed by atoms with Crippen LogP contribution in [0, 0.1) is 0 Å². The maximum absolute atomic E-state index is 13.1. The van der Waals surface area contributed by atoms with Crippen LogP contribution in [0.25, 0.3) is 0 Å². The highest BCUT2D eigenvalue weighted by atomic mass is 35.5. The fraction of sp³-hybridized carbons (Fsp3) is 0.375. The van der Waals surface area contributed by atoms with E-state index in [9.17, 15) is 9.59 Å². The second-order valence-corrected chi connectivity index (χ2v) is 9.41.